The van der Waals surface area contributed by atoms with Gasteiger partial charge in [0.1, 0.15) is 6.67 Å². The molecule has 3 nitrogen and oxygen atoms in total. The molecule has 0 saturated carbocycles. The molecule has 1 aromatic heterocycles. The van der Waals surface area contributed by atoms with Gasteiger partial charge in [0.2, 0.25) is 0 Å². The predicted octanol–water partition coefficient (Wildman–Crippen LogP) is 1.87. The van der Waals surface area contributed by atoms with Crippen molar-refractivity contribution in [3.05, 3.63) is 21.9 Å². The smallest absolute Gasteiger partial charge is 0.261 e. The largest absolute Gasteiger partial charge is 0.349 e. The number of alkyl halides is 1. The van der Waals surface area contributed by atoms with Gasteiger partial charge in [0.15, 0.2) is 0 Å². The van der Waals surface area contributed by atoms with Crippen LogP contribution >= 0.6 is 11.3 Å². The number of nitrogens with one attached hydrogen (secondary N) is 2. The molecule has 1 amide bonds. The summed E-state index contributed by atoms with van der Waals surface area (Å²) in [5, 5.41) is 5.92. The molecule has 0 unspecified atom stereocenters. The van der Waals surface area contributed by atoms with Crippen LogP contribution in [-0.2, 0) is 0 Å². The van der Waals surface area contributed by atoms with Crippen molar-refractivity contribution < 1.29 is 9.18 Å². The fourth-order valence-corrected chi connectivity index (χ4v) is 2.87. The molecule has 88 valence electrons. The summed E-state index contributed by atoms with van der Waals surface area (Å²) in [6, 6.07) is 4.19. The van der Waals surface area contributed by atoms with Crippen LogP contribution in [0.4, 0.5) is 4.39 Å². The number of thiophene rings is 1. The van der Waals surface area contributed by atoms with Gasteiger partial charge < -0.3 is 10.6 Å². The molecule has 0 bridgehead atoms. The normalized spacial score (nSPS) is 19.9. The Balaban J connectivity index is 1.98. The van der Waals surface area contributed by atoms with Crippen LogP contribution in [0.1, 0.15) is 33.4 Å². The summed E-state index contributed by atoms with van der Waals surface area (Å²) in [7, 11) is 0. The lowest BCUT2D eigenvalue weighted by Gasteiger charge is -2.05. The van der Waals surface area contributed by atoms with Gasteiger partial charge >= 0.3 is 0 Å². The summed E-state index contributed by atoms with van der Waals surface area (Å²) < 4.78 is 11.9. The zero-order valence-corrected chi connectivity index (χ0v) is 9.78. The highest BCUT2D eigenvalue weighted by atomic mass is 32.1. The van der Waals surface area contributed by atoms with Gasteiger partial charge in [-0.2, -0.15) is 0 Å². The number of amides is 1. The van der Waals surface area contributed by atoms with Gasteiger partial charge in [-0.05, 0) is 31.5 Å². The average molecular weight is 242 g/mol. The quantitative estimate of drug-likeness (QED) is 0.846. The molecule has 0 radical (unpaired) electrons. The van der Waals surface area contributed by atoms with Crippen molar-refractivity contribution in [2.75, 3.05) is 19.8 Å². The topological polar surface area (TPSA) is 41.1 Å². The van der Waals surface area contributed by atoms with Crippen LogP contribution in [0.15, 0.2) is 12.1 Å². The van der Waals surface area contributed by atoms with Crippen LogP contribution in [0.2, 0.25) is 0 Å². The summed E-state index contributed by atoms with van der Waals surface area (Å²) in [4.78, 5) is 13.4. The number of hydrogen-bond acceptors (Lipinski definition) is 3. The third-order valence-electron chi connectivity index (χ3n) is 2.63. The molecular formula is C11H15FN2OS. The zero-order chi connectivity index (χ0) is 11.4. The predicted molar refractivity (Wildman–Crippen MR) is 62.6 cm³/mol. The summed E-state index contributed by atoms with van der Waals surface area (Å²) in [6.07, 6.45) is 2.32. The molecule has 2 heterocycles. The van der Waals surface area contributed by atoms with E-state index in [0.29, 0.717) is 10.9 Å². The van der Waals surface area contributed by atoms with Crippen molar-refractivity contribution in [1.82, 2.24) is 10.6 Å². The third-order valence-corrected chi connectivity index (χ3v) is 3.83. The van der Waals surface area contributed by atoms with Crippen molar-refractivity contribution in [2.45, 2.75) is 18.9 Å². The number of rotatable bonds is 4. The van der Waals surface area contributed by atoms with Crippen LogP contribution in [0.3, 0.4) is 0 Å². The average Bonchev–Trinajstić information content (AvgIpc) is 2.94. The van der Waals surface area contributed by atoms with E-state index in [-0.39, 0.29) is 12.5 Å². The Morgan fingerprint density at radius 2 is 2.50 bits per heavy atom. The third kappa shape index (κ3) is 2.59. The molecule has 0 spiro atoms. The minimum atomic E-state index is -0.520. The van der Waals surface area contributed by atoms with E-state index in [1.165, 1.54) is 22.6 Å². The van der Waals surface area contributed by atoms with E-state index in [0.717, 1.165) is 13.0 Å². The Kier molecular flexibility index (Phi) is 3.90. The zero-order valence-electron chi connectivity index (χ0n) is 8.96. The van der Waals surface area contributed by atoms with E-state index in [1.54, 1.807) is 0 Å². The molecule has 5 heteroatoms. The highest BCUT2D eigenvalue weighted by Gasteiger charge is 2.19. The monoisotopic (exact) mass is 242 g/mol. The second kappa shape index (κ2) is 5.41. The summed E-state index contributed by atoms with van der Waals surface area (Å²) in [5.74, 6) is -0.174. The van der Waals surface area contributed by atoms with E-state index in [4.69, 9.17) is 0 Å². The number of halogens is 1. The molecule has 1 aliphatic heterocycles. The number of hydrogen-bond donors (Lipinski definition) is 2. The second-order valence-corrected chi connectivity index (χ2v) is 4.91. The number of carbonyl (C=O) groups excluding carboxylic acids is 1. The molecule has 1 aliphatic rings. The lowest BCUT2D eigenvalue weighted by atomic mass is 10.2. The van der Waals surface area contributed by atoms with Gasteiger partial charge in [-0.15, -0.1) is 11.3 Å². The van der Waals surface area contributed by atoms with Crippen LogP contribution in [0, 0.1) is 0 Å². The fraction of sp³-hybridized carbons (Fsp3) is 0.545. The highest BCUT2D eigenvalue weighted by molar-refractivity contribution is 7.14. The molecule has 16 heavy (non-hydrogen) atoms. The van der Waals surface area contributed by atoms with Crippen molar-refractivity contribution in [1.29, 1.82) is 0 Å². The van der Waals surface area contributed by atoms with E-state index >= 15 is 0 Å². The lowest BCUT2D eigenvalue weighted by Crippen LogP contribution is -2.24. The van der Waals surface area contributed by atoms with Crippen LogP contribution in [0.5, 0.6) is 0 Å². The maximum atomic E-state index is 11.9. The Morgan fingerprint density at radius 3 is 3.19 bits per heavy atom. The fourth-order valence-electron chi connectivity index (χ4n) is 1.84. The SMILES string of the molecule is O=C(NCCF)c1ccc([C@H]2CCCN2)s1. The lowest BCUT2D eigenvalue weighted by molar-refractivity contribution is 0.0955. The first-order chi connectivity index (χ1) is 7.81. The van der Waals surface area contributed by atoms with Gasteiger partial charge in [0.05, 0.1) is 4.88 Å². The maximum absolute atomic E-state index is 11.9. The van der Waals surface area contributed by atoms with Gasteiger partial charge in [-0.25, -0.2) is 4.39 Å². The molecule has 2 rings (SSSR count). The molecule has 1 fully saturated rings. The van der Waals surface area contributed by atoms with Gasteiger partial charge in [0, 0.05) is 17.5 Å². The van der Waals surface area contributed by atoms with Crippen LogP contribution < -0.4 is 10.6 Å². The minimum absolute atomic E-state index is 0.0910. The van der Waals surface area contributed by atoms with Crippen LogP contribution in [-0.4, -0.2) is 25.7 Å². The first-order valence-corrected chi connectivity index (χ1v) is 6.30. The van der Waals surface area contributed by atoms with Gasteiger partial charge in [-0.1, -0.05) is 0 Å². The first-order valence-electron chi connectivity index (χ1n) is 5.48. The molecule has 1 atom stereocenters. The molecule has 2 N–H and O–H groups in total. The van der Waals surface area contributed by atoms with Gasteiger partial charge in [-0.3, -0.25) is 4.79 Å². The van der Waals surface area contributed by atoms with Crippen molar-refractivity contribution in [3.63, 3.8) is 0 Å². The molecular weight excluding hydrogens is 227 g/mol. The Hall–Kier alpha value is -0.940. The Morgan fingerprint density at radius 1 is 1.62 bits per heavy atom. The van der Waals surface area contributed by atoms with Gasteiger partial charge in [0.25, 0.3) is 5.91 Å². The highest BCUT2D eigenvalue weighted by Crippen LogP contribution is 2.29. The summed E-state index contributed by atoms with van der Waals surface area (Å²) in [6.45, 7) is 0.619. The van der Waals surface area contributed by atoms with E-state index in [1.807, 2.05) is 12.1 Å². The molecule has 1 saturated heterocycles. The molecule has 1 aromatic rings. The molecule has 0 aliphatic carbocycles. The van der Waals surface area contributed by atoms with E-state index in [2.05, 4.69) is 10.6 Å². The standard InChI is InChI=1S/C11H15FN2OS/c12-5-7-14-11(15)10-4-3-9(16-10)8-2-1-6-13-8/h3-4,8,13H,1-2,5-7H2,(H,14,15)/t8-/m1/s1. The molecule has 0 aromatic carbocycles. The second-order valence-electron chi connectivity index (χ2n) is 3.80. The van der Waals surface area contributed by atoms with Crippen LogP contribution in [0.25, 0.3) is 0 Å². The maximum Gasteiger partial charge on any atom is 0.261 e. The first kappa shape index (κ1) is 11.5. The minimum Gasteiger partial charge on any atom is -0.349 e. The van der Waals surface area contributed by atoms with Crippen molar-refractivity contribution >= 4 is 17.2 Å². The summed E-state index contributed by atoms with van der Waals surface area (Å²) >= 11 is 1.49. The summed E-state index contributed by atoms with van der Waals surface area (Å²) in [5.41, 5.74) is 0. The Labute approximate surface area is 98.0 Å². The van der Waals surface area contributed by atoms with Crippen molar-refractivity contribution in [2.24, 2.45) is 0 Å². The van der Waals surface area contributed by atoms with E-state index in [9.17, 15) is 9.18 Å². The number of carbonyl (C=O) groups is 1. The Bertz CT molecular complexity index is 361. The van der Waals surface area contributed by atoms with E-state index < -0.39 is 6.67 Å². The van der Waals surface area contributed by atoms with Crippen molar-refractivity contribution in [3.8, 4) is 0 Å².